The van der Waals surface area contributed by atoms with Crippen LogP contribution in [-0.2, 0) is 11.8 Å². The molecule has 0 saturated heterocycles. The number of amides is 1. The van der Waals surface area contributed by atoms with Gasteiger partial charge in [-0.3, -0.25) is 14.5 Å². The zero-order chi connectivity index (χ0) is 21.7. The van der Waals surface area contributed by atoms with Crippen molar-refractivity contribution in [3.8, 4) is 11.1 Å². The minimum atomic E-state index is -0.0841. The van der Waals surface area contributed by atoms with Gasteiger partial charge in [-0.2, -0.15) is 5.10 Å². The second kappa shape index (κ2) is 7.05. The summed E-state index contributed by atoms with van der Waals surface area (Å²) in [6.45, 7) is 1.94. The number of nitrogens with one attached hydrogen (secondary N) is 1. The first-order valence-electron chi connectivity index (χ1n) is 9.97. The molecule has 9 nitrogen and oxygen atoms in total. The number of nitrogens with zero attached hydrogens (tertiary/aromatic N) is 5. The Balaban J connectivity index is 1.42. The summed E-state index contributed by atoms with van der Waals surface area (Å²) in [5, 5.41) is 16.2. The third kappa shape index (κ3) is 3.43. The summed E-state index contributed by atoms with van der Waals surface area (Å²) in [5.74, 6) is 0.443. The van der Waals surface area contributed by atoms with Gasteiger partial charge in [0.15, 0.2) is 5.82 Å². The molecular formula is C22H22N8O. The second-order valence-electron chi connectivity index (χ2n) is 8.02. The number of nitrogens with two attached hydrogens (primary N) is 2. The average Bonchev–Trinajstić information content (AvgIpc) is 3.43. The lowest BCUT2D eigenvalue weighted by Gasteiger charge is -2.11. The van der Waals surface area contributed by atoms with Crippen molar-refractivity contribution < 1.29 is 4.79 Å². The fourth-order valence-electron chi connectivity index (χ4n) is 3.94. The van der Waals surface area contributed by atoms with E-state index in [0.717, 1.165) is 34.1 Å². The molecule has 31 heavy (non-hydrogen) atoms. The van der Waals surface area contributed by atoms with Crippen LogP contribution in [-0.4, -0.2) is 30.9 Å². The van der Waals surface area contributed by atoms with E-state index in [-0.39, 0.29) is 17.7 Å². The molecule has 1 aliphatic rings. The van der Waals surface area contributed by atoms with Gasteiger partial charge in [-0.25, -0.2) is 0 Å². The summed E-state index contributed by atoms with van der Waals surface area (Å²) in [7, 11) is 1.87. The van der Waals surface area contributed by atoms with E-state index in [4.69, 9.17) is 11.5 Å². The predicted octanol–water partition coefficient (Wildman–Crippen LogP) is 2.64. The molecule has 0 aliphatic heterocycles. The standard InChI is InChI=1S/C22H22N8O/c1-11-17(8-25-9-19(11)24)12-3-13-5-20(28-29-21(13)18(23)4-12)27-22(31)16-6-15(16)14-7-26-30(2)10-14/h3-5,7-10,15-16H,6,23-24H2,1-2H3,(H,27,28,31). The molecule has 1 aliphatic carbocycles. The predicted molar refractivity (Wildman–Crippen MR) is 119 cm³/mol. The smallest absolute Gasteiger partial charge is 0.229 e. The van der Waals surface area contributed by atoms with Crippen LogP contribution < -0.4 is 16.8 Å². The van der Waals surface area contributed by atoms with Gasteiger partial charge in [0.25, 0.3) is 0 Å². The molecule has 1 aromatic carbocycles. The van der Waals surface area contributed by atoms with Crippen molar-refractivity contribution in [1.29, 1.82) is 0 Å². The van der Waals surface area contributed by atoms with Crippen molar-refractivity contribution in [3.05, 3.63) is 54.1 Å². The van der Waals surface area contributed by atoms with Crippen molar-refractivity contribution in [2.75, 3.05) is 16.8 Å². The lowest BCUT2D eigenvalue weighted by molar-refractivity contribution is -0.117. The molecule has 0 radical (unpaired) electrons. The monoisotopic (exact) mass is 414 g/mol. The molecule has 0 bridgehead atoms. The molecule has 3 heterocycles. The van der Waals surface area contributed by atoms with Gasteiger partial charge in [0, 0.05) is 36.3 Å². The van der Waals surface area contributed by atoms with Crippen LogP contribution in [0, 0.1) is 12.8 Å². The minimum absolute atomic E-state index is 0.0671. The van der Waals surface area contributed by atoms with Crippen LogP contribution in [0.1, 0.15) is 23.5 Å². The van der Waals surface area contributed by atoms with Crippen molar-refractivity contribution in [1.82, 2.24) is 25.0 Å². The van der Waals surface area contributed by atoms with E-state index in [2.05, 4.69) is 25.6 Å². The number of nitrogen functional groups attached to an aromatic ring is 2. The molecule has 1 saturated carbocycles. The first kappa shape index (κ1) is 19.0. The van der Waals surface area contributed by atoms with Crippen LogP contribution in [0.25, 0.3) is 22.0 Å². The Bertz CT molecular complexity index is 1330. The van der Waals surface area contributed by atoms with Gasteiger partial charge in [0.1, 0.15) is 5.52 Å². The lowest BCUT2D eigenvalue weighted by atomic mass is 9.99. The van der Waals surface area contributed by atoms with Gasteiger partial charge in [-0.1, -0.05) is 0 Å². The van der Waals surface area contributed by atoms with E-state index >= 15 is 0 Å². The Labute approximate surface area is 178 Å². The molecule has 5 rings (SSSR count). The SMILES string of the molecule is Cc1c(N)cncc1-c1cc(N)c2nnc(NC(=O)C3CC3c3cnn(C)c3)cc2c1. The molecule has 5 N–H and O–H groups in total. The Hall–Kier alpha value is -4.01. The average molecular weight is 414 g/mol. The second-order valence-corrected chi connectivity index (χ2v) is 8.02. The number of fused-ring (bicyclic) bond motifs is 1. The van der Waals surface area contributed by atoms with E-state index in [9.17, 15) is 4.79 Å². The highest BCUT2D eigenvalue weighted by Crippen LogP contribution is 2.47. The maximum absolute atomic E-state index is 12.7. The maximum Gasteiger partial charge on any atom is 0.229 e. The lowest BCUT2D eigenvalue weighted by Crippen LogP contribution is -2.16. The Morgan fingerprint density at radius 1 is 1.13 bits per heavy atom. The van der Waals surface area contributed by atoms with Crippen molar-refractivity contribution in [2.24, 2.45) is 13.0 Å². The fourth-order valence-corrected chi connectivity index (χ4v) is 3.94. The Kier molecular flexibility index (Phi) is 4.32. The third-order valence-electron chi connectivity index (χ3n) is 5.82. The van der Waals surface area contributed by atoms with Crippen LogP contribution in [0.5, 0.6) is 0 Å². The van der Waals surface area contributed by atoms with Crippen LogP contribution in [0.2, 0.25) is 0 Å². The van der Waals surface area contributed by atoms with Gasteiger partial charge in [0.05, 0.1) is 23.8 Å². The number of aryl methyl sites for hydroxylation is 1. The van der Waals surface area contributed by atoms with Crippen molar-refractivity contribution in [2.45, 2.75) is 19.3 Å². The summed E-state index contributed by atoms with van der Waals surface area (Å²) < 4.78 is 1.75. The van der Waals surface area contributed by atoms with E-state index in [1.54, 1.807) is 23.1 Å². The van der Waals surface area contributed by atoms with Gasteiger partial charge in [0.2, 0.25) is 5.91 Å². The number of rotatable bonds is 4. The van der Waals surface area contributed by atoms with Crippen LogP contribution in [0.15, 0.2) is 43.0 Å². The number of pyridine rings is 1. The van der Waals surface area contributed by atoms with E-state index < -0.39 is 0 Å². The Morgan fingerprint density at radius 2 is 1.97 bits per heavy atom. The first-order valence-corrected chi connectivity index (χ1v) is 9.97. The number of carbonyl (C=O) groups is 1. The van der Waals surface area contributed by atoms with E-state index in [0.29, 0.717) is 22.7 Å². The number of hydrogen-bond donors (Lipinski definition) is 3. The highest BCUT2D eigenvalue weighted by Gasteiger charge is 2.44. The molecule has 1 amide bonds. The number of hydrogen-bond acceptors (Lipinski definition) is 7. The topological polar surface area (TPSA) is 138 Å². The molecule has 9 heteroatoms. The molecule has 156 valence electrons. The summed E-state index contributed by atoms with van der Waals surface area (Å²) >= 11 is 0. The van der Waals surface area contributed by atoms with Crippen molar-refractivity contribution >= 4 is 34.0 Å². The zero-order valence-electron chi connectivity index (χ0n) is 17.2. The number of anilines is 3. The molecule has 2 atom stereocenters. The normalized spacial score (nSPS) is 17.6. The number of carbonyl (C=O) groups excluding carboxylic acids is 1. The van der Waals surface area contributed by atoms with Gasteiger partial charge < -0.3 is 16.8 Å². The molecule has 4 aromatic rings. The summed E-state index contributed by atoms with van der Waals surface area (Å²) in [6.07, 6.45) is 7.95. The number of aromatic nitrogens is 5. The molecule has 1 fully saturated rings. The third-order valence-corrected chi connectivity index (χ3v) is 5.82. The van der Waals surface area contributed by atoms with E-state index in [1.165, 1.54) is 0 Å². The van der Waals surface area contributed by atoms with E-state index in [1.807, 2.05) is 38.5 Å². The number of benzene rings is 1. The van der Waals surface area contributed by atoms with Crippen LogP contribution >= 0.6 is 0 Å². The minimum Gasteiger partial charge on any atom is -0.397 e. The van der Waals surface area contributed by atoms with Crippen molar-refractivity contribution in [3.63, 3.8) is 0 Å². The quantitative estimate of drug-likeness (QED) is 0.436. The van der Waals surface area contributed by atoms with Gasteiger partial charge in [-0.15, -0.1) is 10.2 Å². The first-order chi connectivity index (χ1) is 14.9. The fraction of sp³-hybridized carbons (Fsp3) is 0.227. The largest absolute Gasteiger partial charge is 0.397 e. The van der Waals surface area contributed by atoms with Crippen LogP contribution in [0.4, 0.5) is 17.2 Å². The Morgan fingerprint density at radius 3 is 2.74 bits per heavy atom. The molecule has 0 spiro atoms. The molecule has 2 unspecified atom stereocenters. The summed E-state index contributed by atoms with van der Waals surface area (Å²) in [6, 6.07) is 5.58. The van der Waals surface area contributed by atoms with Crippen LogP contribution in [0.3, 0.4) is 0 Å². The zero-order valence-corrected chi connectivity index (χ0v) is 17.2. The highest BCUT2D eigenvalue weighted by molar-refractivity contribution is 5.98. The molecule has 3 aromatic heterocycles. The summed E-state index contributed by atoms with van der Waals surface area (Å²) in [4.78, 5) is 16.9. The molecular weight excluding hydrogens is 392 g/mol. The highest BCUT2D eigenvalue weighted by atomic mass is 16.2. The summed E-state index contributed by atoms with van der Waals surface area (Å²) in [5.41, 5.74) is 17.7. The maximum atomic E-state index is 12.7. The van der Waals surface area contributed by atoms with Gasteiger partial charge >= 0.3 is 0 Å². The van der Waals surface area contributed by atoms with Gasteiger partial charge in [-0.05, 0) is 54.2 Å².